The summed E-state index contributed by atoms with van der Waals surface area (Å²) in [4.78, 5) is 0.0938. The van der Waals surface area contributed by atoms with Crippen LogP contribution in [0.3, 0.4) is 0 Å². The largest absolute Gasteiger partial charge is 0.494 e. The SMILES string of the molecule is CCOc1ccc(C(Br)c2cc(Cl)ccc2Br)cc1. The van der Waals surface area contributed by atoms with Crippen LogP contribution in [0.25, 0.3) is 0 Å². The lowest BCUT2D eigenvalue weighted by Gasteiger charge is -2.14. The minimum Gasteiger partial charge on any atom is -0.494 e. The minimum atomic E-state index is 0.0938. The zero-order valence-electron chi connectivity index (χ0n) is 10.4. The Morgan fingerprint density at radius 2 is 1.84 bits per heavy atom. The summed E-state index contributed by atoms with van der Waals surface area (Å²) >= 11 is 13.3. The van der Waals surface area contributed by atoms with Gasteiger partial charge in [0.15, 0.2) is 0 Å². The van der Waals surface area contributed by atoms with Crippen molar-refractivity contribution in [2.24, 2.45) is 0 Å². The van der Waals surface area contributed by atoms with Gasteiger partial charge in [-0.05, 0) is 48.4 Å². The van der Waals surface area contributed by atoms with Crippen LogP contribution in [0.2, 0.25) is 5.02 Å². The number of ether oxygens (including phenoxy) is 1. The minimum absolute atomic E-state index is 0.0938. The molecule has 0 spiro atoms. The molecule has 0 saturated heterocycles. The van der Waals surface area contributed by atoms with Gasteiger partial charge < -0.3 is 4.74 Å². The van der Waals surface area contributed by atoms with Gasteiger partial charge in [0.25, 0.3) is 0 Å². The van der Waals surface area contributed by atoms with Crippen LogP contribution in [0.4, 0.5) is 0 Å². The highest BCUT2D eigenvalue weighted by Gasteiger charge is 2.14. The zero-order chi connectivity index (χ0) is 13.8. The Hall–Kier alpha value is -0.510. The number of halogens is 3. The second-order valence-electron chi connectivity index (χ2n) is 4.03. The zero-order valence-corrected chi connectivity index (χ0v) is 14.3. The lowest BCUT2D eigenvalue weighted by atomic mass is 10.0. The first-order chi connectivity index (χ1) is 9.11. The lowest BCUT2D eigenvalue weighted by Crippen LogP contribution is -1.95. The van der Waals surface area contributed by atoms with Crippen molar-refractivity contribution in [2.75, 3.05) is 6.61 Å². The summed E-state index contributed by atoms with van der Waals surface area (Å²) in [6.45, 7) is 2.65. The number of rotatable bonds is 4. The fourth-order valence-electron chi connectivity index (χ4n) is 1.79. The van der Waals surface area contributed by atoms with Crippen molar-refractivity contribution in [1.29, 1.82) is 0 Å². The second kappa shape index (κ2) is 6.78. The molecule has 0 aliphatic heterocycles. The summed E-state index contributed by atoms with van der Waals surface area (Å²) in [5.41, 5.74) is 2.27. The van der Waals surface area contributed by atoms with Gasteiger partial charge >= 0.3 is 0 Å². The highest BCUT2D eigenvalue weighted by molar-refractivity contribution is 9.11. The molecule has 4 heteroatoms. The molecule has 1 nitrogen and oxygen atoms in total. The van der Waals surface area contributed by atoms with Gasteiger partial charge in [0.2, 0.25) is 0 Å². The van der Waals surface area contributed by atoms with Crippen LogP contribution in [0.15, 0.2) is 46.9 Å². The number of benzene rings is 2. The molecule has 0 heterocycles. The fourth-order valence-corrected chi connectivity index (χ4v) is 3.44. The van der Waals surface area contributed by atoms with E-state index in [0.29, 0.717) is 6.61 Å². The summed E-state index contributed by atoms with van der Waals surface area (Å²) in [6, 6.07) is 13.8. The standard InChI is InChI=1S/C15H13Br2ClO/c1-2-19-12-6-3-10(4-7-12)15(17)13-9-11(18)5-8-14(13)16/h3-9,15H,2H2,1H3. The van der Waals surface area contributed by atoms with Crippen LogP contribution in [0.1, 0.15) is 22.9 Å². The molecule has 0 aliphatic rings. The van der Waals surface area contributed by atoms with Crippen LogP contribution in [0.5, 0.6) is 5.75 Å². The summed E-state index contributed by atoms with van der Waals surface area (Å²) < 4.78 is 6.48. The summed E-state index contributed by atoms with van der Waals surface area (Å²) in [7, 11) is 0. The van der Waals surface area contributed by atoms with E-state index in [2.05, 4.69) is 44.0 Å². The monoisotopic (exact) mass is 402 g/mol. The lowest BCUT2D eigenvalue weighted by molar-refractivity contribution is 0.340. The van der Waals surface area contributed by atoms with Gasteiger partial charge in [-0.25, -0.2) is 0 Å². The first-order valence-corrected chi connectivity index (χ1v) is 8.02. The van der Waals surface area contributed by atoms with Crippen molar-refractivity contribution < 1.29 is 4.74 Å². The number of hydrogen-bond acceptors (Lipinski definition) is 1. The maximum atomic E-state index is 6.05. The Balaban J connectivity index is 2.27. The van der Waals surface area contributed by atoms with Gasteiger partial charge in [-0.1, -0.05) is 55.6 Å². The van der Waals surface area contributed by atoms with Gasteiger partial charge in [-0.2, -0.15) is 0 Å². The molecule has 0 fully saturated rings. The Morgan fingerprint density at radius 3 is 2.47 bits per heavy atom. The van der Waals surface area contributed by atoms with Crippen molar-refractivity contribution in [3.8, 4) is 5.75 Å². The predicted molar refractivity (Wildman–Crippen MR) is 87.5 cm³/mol. The maximum Gasteiger partial charge on any atom is 0.119 e. The first-order valence-electron chi connectivity index (χ1n) is 5.93. The summed E-state index contributed by atoms with van der Waals surface area (Å²) in [5.74, 6) is 0.885. The molecule has 0 amide bonds. The van der Waals surface area contributed by atoms with Crippen molar-refractivity contribution in [1.82, 2.24) is 0 Å². The van der Waals surface area contributed by atoms with E-state index in [0.717, 1.165) is 26.4 Å². The molecular weight excluding hydrogens is 391 g/mol. The topological polar surface area (TPSA) is 9.23 Å². The molecule has 0 aromatic heterocycles. The highest BCUT2D eigenvalue weighted by atomic mass is 79.9. The van der Waals surface area contributed by atoms with Crippen LogP contribution < -0.4 is 4.74 Å². The van der Waals surface area contributed by atoms with E-state index in [1.54, 1.807) is 0 Å². The van der Waals surface area contributed by atoms with Crippen molar-refractivity contribution >= 4 is 43.5 Å². The Bertz CT molecular complexity index is 555. The fraction of sp³-hybridized carbons (Fsp3) is 0.200. The van der Waals surface area contributed by atoms with Crippen LogP contribution in [-0.4, -0.2) is 6.61 Å². The van der Waals surface area contributed by atoms with E-state index in [1.165, 1.54) is 0 Å². The molecular formula is C15H13Br2ClO. The van der Waals surface area contributed by atoms with E-state index in [1.807, 2.05) is 37.3 Å². The van der Waals surface area contributed by atoms with Gasteiger partial charge in [0, 0.05) is 9.50 Å². The van der Waals surface area contributed by atoms with E-state index in [9.17, 15) is 0 Å². The molecule has 2 aromatic rings. The van der Waals surface area contributed by atoms with Gasteiger partial charge in [0.1, 0.15) is 5.75 Å². The van der Waals surface area contributed by atoms with Gasteiger partial charge in [0.05, 0.1) is 11.4 Å². The molecule has 0 N–H and O–H groups in total. The maximum absolute atomic E-state index is 6.05. The van der Waals surface area contributed by atoms with Crippen LogP contribution in [-0.2, 0) is 0 Å². The molecule has 100 valence electrons. The Kier molecular flexibility index (Phi) is 5.31. The van der Waals surface area contributed by atoms with E-state index in [-0.39, 0.29) is 4.83 Å². The molecule has 0 saturated carbocycles. The molecule has 0 radical (unpaired) electrons. The molecule has 19 heavy (non-hydrogen) atoms. The average molecular weight is 405 g/mol. The molecule has 0 bridgehead atoms. The van der Waals surface area contributed by atoms with Crippen LogP contribution in [0, 0.1) is 0 Å². The number of hydrogen-bond donors (Lipinski definition) is 0. The average Bonchev–Trinajstić information content (AvgIpc) is 2.42. The third-order valence-electron chi connectivity index (χ3n) is 2.71. The molecule has 0 aliphatic carbocycles. The summed E-state index contributed by atoms with van der Waals surface area (Å²) in [6.07, 6.45) is 0. The normalized spacial score (nSPS) is 12.2. The Morgan fingerprint density at radius 1 is 1.16 bits per heavy atom. The molecule has 2 rings (SSSR count). The Labute approximate surface area is 135 Å². The molecule has 1 atom stereocenters. The number of alkyl halides is 1. The smallest absolute Gasteiger partial charge is 0.119 e. The predicted octanol–water partition coefficient (Wildman–Crippen LogP) is 5.99. The van der Waals surface area contributed by atoms with E-state index >= 15 is 0 Å². The molecule has 2 aromatic carbocycles. The second-order valence-corrected chi connectivity index (χ2v) is 6.24. The van der Waals surface area contributed by atoms with Gasteiger partial charge in [-0.15, -0.1) is 0 Å². The van der Waals surface area contributed by atoms with Crippen molar-refractivity contribution in [2.45, 2.75) is 11.8 Å². The first kappa shape index (κ1) is 14.9. The highest BCUT2D eigenvalue weighted by Crippen LogP contribution is 2.37. The van der Waals surface area contributed by atoms with E-state index < -0.39 is 0 Å². The third-order valence-corrected chi connectivity index (χ3v) is 4.69. The van der Waals surface area contributed by atoms with Crippen molar-refractivity contribution in [3.05, 3.63) is 63.1 Å². The quantitative estimate of drug-likeness (QED) is 0.569. The molecule has 1 unspecified atom stereocenters. The van der Waals surface area contributed by atoms with E-state index in [4.69, 9.17) is 16.3 Å². The third kappa shape index (κ3) is 3.74. The van der Waals surface area contributed by atoms with Crippen molar-refractivity contribution in [3.63, 3.8) is 0 Å². The van der Waals surface area contributed by atoms with Gasteiger partial charge in [-0.3, -0.25) is 0 Å². The van der Waals surface area contributed by atoms with Crippen LogP contribution >= 0.6 is 43.5 Å². The summed E-state index contributed by atoms with van der Waals surface area (Å²) in [5, 5.41) is 0.730.